The SMILES string of the molecule is CCCN(CC(=O)O)C(=O)N1c2ccccc2CC1C. The van der Waals surface area contributed by atoms with Crippen LogP contribution in [0.4, 0.5) is 10.5 Å². The van der Waals surface area contributed by atoms with Gasteiger partial charge in [-0.05, 0) is 31.4 Å². The molecule has 0 bridgehead atoms. The summed E-state index contributed by atoms with van der Waals surface area (Å²) in [5.41, 5.74) is 2.04. The van der Waals surface area contributed by atoms with E-state index in [-0.39, 0.29) is 18.6 Å². The van der Waals surface area contributed by atoms with Crippen molar-refractivity contribution in [1.29, 1.82) is 0 Å². The van der Waals surface area contributed by atoms with Crippen LogP contribution in [0, 0.1) is 0 Å². The van der Waals surface area contributed by atoms with E-state index in [2.05, 4.69) is 0 Å². The van der Waals surface area contributed by atoms with E-state index < -0.39 is 5.97 Å². The highest BCUT2D eigenvalue weighted by Crippen LogP contribution is 2.32. The second kappa shape index (κ2) is 5.94. The van der Waals surface area contributed by atoms with Crippen molar-refractivity contribution in [2.75, 3.05) is 18.0 Å². The molecule has 5 heteroatoms. The molecule has 0 saturated heterocycles. The van der Waals surface area contributed by atoms with Crippen LogP contribution < -0.4 is 4.90 Å². The van der Waals surface area contributed by atoms with Crippen molar-refractivity contribution in [3.8, 4) is 0 Å². The standard InChI is InChI=1S/C15H20N2O3/c1-3-8-16(10-14(18)19)15(20)17-11(2)9-12-6-4-5-7-13(12)17/h4-7,11H,3,8-10H2,1-2H3,(H,18,19). The number of fused-ring (bicyclic) bond motifs is 1. The average Bonchev–Trinajstić information content (AvgIpc) is 2.72. The Morgan fingerprint density at radius 2 is 2.10 bits per heavy atom. The molecule has 1 heterocycles. The van der Waals surface area contributed by atoms with Crippen molar-refractivity contribution in [2.24, 2.45) is 0 Å². The average molecular weight is 276 g/mol. The van der Waals surface area contributed by atoms with Crippen LogP contribution in [0.15, 0.2) is 24.3 Å². The van der Waals surface area contributed by atoms with Gasteiger partial charge < -0.3 is 10.0 Å². The molecule has 1 aromatic carbocycles. The molecule has 1 aliphatic heterocycles. The Morgan fingerprint density at radius 3 is 2.75 bits per heavy atom. The van der Waals surface area contributed by atoms with Crippen molar-refractivity contribution in [3.63, 3.8) is 0 Å². The van der Waals surface area contributed by atoms with Crippen LogP contribution in [0.3, 0.4) is 0 Å². The molecule has 0 spiro atoms. The molecule has 0 fully saturated rings. The predicted octanol–water partition coefficient (Wildman–Crippen LogP) is 2.35. The molecule has 2 rings (SSSR count). The van der Waals surface area contributed by atoms with Crippen LogP contribution in [0.5, 0.6) is 0 Å². The largest absolute Gasteiger partial charge is 0.480 e. The van der Waals surface area contributed by atoms with Gasteiger partial charge in [0.2, 0.25) is 0 Å². The lowest BCUT2D eigenvalue weighted by Gasteiger charge is -2.30. The summed E-state index contributed by atoms with van der Waals surface area (Å²) in [6.45, 7) is 4.13. The van der Waals surface area contributed by atoms with E-state index in [1.165, 1.54) is 4.90 Å². The molecule has 0 saturated carbocycles. The minimum Gasteiger partial charge on any atom is -0.480 e. The van der Waals surface area contributed by atoms with E-state index in [1.807, 2.05) is 38.1 Å². The first kappa shape index (κ1) is 14.4. The van der Waals surface area contributed by atoms with Crippen molar-refractivity contribution in [1.82, 2.24) is 4.90 Å². The van der Waals surface area contributed by atoms with E-state index in [9.17, 15) is 9.59 Å². The maximum Gasteiger partial charge on any atom is 0.325 e. The molecule has 0 aliphatic carbocycles. The van der Waals surface area contributed by atoms with E-state index >= 15 is 0 Å². The monoisotopic (exact) mass is 276 g/mol. The fraction of sp³-hybridized carbons (Fsp3) is 0.467. The number of para-hydroxylation sites is 1. The third-order valence-corrected chi connectivity index (χ3v) is 3.50. The normalized spacial score (nSPS) is 16.9. The minimum atomic E-state index is -0.980. The molecular weight excluding hydrogens is 256 g/mol. The molecule has 108 valence electrons. The Kier molecular flexibility index (Phi) is 4.27. The first-order valence-electron chi connectivity index (χ1n) is 6.92. The van der Waals surface area contributed by atoms with Crippen molar-refractivity contribution in [3.05, 3.63) is 29.8 Å². The topological polar surface area (TPSA) is 60.9 Å². The van der Waals surface area contributed by atoms with Gasteiger partial charge in [-0.25, -0.2) is 4.79 Å². The number of carbonyl (C=O) groups excluding carboxylic acids is 1. The second-order valence-corrected chi connectivity index (χ2v) is 5.15. The summed E-state index contributed by atoms with van der Waals surface area (Å²) in [6, 6.07) is 7.64. The van der Waals surface area contributed by atoms with Crippen LogP contribution in [-0.4, -0.2) is 41.1 Å². The Morgan fingerprint density at radius 1 is 1.40 bits per heavy atom. The van der Waals surface area contributed by atoms with Gasteiger partial charge in [-0.1, -0.05) is 25.1 Å². The Balaban J connectivity index is 2.24. The molecule has 1 N–H and O–H groups in total. The molecule has 2 amide bonds. The lowest BCUT2D eigenvalue weighted by atomic mass is 10.1. The maximum atomic E-state index is 12.6. The molecule has 1 aromatic rings. The van der Waals surface area contributed by atoms with Crippen LogP contribution in [0.1, 0.15) is 25.8 Å². The zero-order chi connectivity index (χ0) is 14.7. The lowest BCUT2D eigenvalue weighted by molar-refractivity contribution is -0.137. The number of rotatable bonds is 4. The van der Waals surface area contributed by atoms with Gasteiger partial charge in [-0.3, -0.25) is 9.69 Å². The number of amides is 2. The van der Waals surface area contributed by atoms with Gasteiger partial charge in [-0.2, -0.15) is 0 Å². The van der Waals surface area contributed by atoms with Crippen LogP contribution in [-0.2, 0) is 11.2 Å². The highest BCUT2D eigenvalue weighted by atomic mass is 16.4. The summed E-state index contributed by atoms with van der Waals surface area (Å²) < 4.78 is 0. The summed E-state index contributed by atoms with van der Waals surface area (Å²) >= 11 is 0. The number of anilines is 1. The number of benzene rings is 1. The van der Waals surface area contributed by atoms with Gasteiger partial charge in [0, 0.05) is 18.3 Å². The fourth-order valence-corrected chi connectivity index (χ4v) is 2.68. The van der Waals surface area contributed by atoms with Gasteiger partial charge >= 0.3 is 12.0 Å². The molecule has 5 nitrogen and oxygen atoms in total. The lowest BCUT2D eigenvalue weighted by Crippen LogP contribution is -2.48. The van der Waals surface area contributed by atoms with Crippen LogP contribution in [0.25, 0.3) is 0 Å². The number of hydrogen-bond donors (Lipinski definition) is 1. The number of nitrogens with zero attached hydrogens (tertiary/aromatic N) is 2. The molecule has 1 atom stereocenters. The third kappa shape index (κ3) is 2.76. The maximum absolute atomic E-state index is 12.6. The minimum absolute atomic E-state index is 0.0630. The number of urea groups is 1. The number of aliphatic carboxylic acids is 1. The number of carbonyl (C=O) groups is 2. The highest BCUT2D eigenvalue weighted by Gasteiger charge is 2.33. The first-order chi connectivity index (χ1) is 9.54. The summed E-state index contributed by atoms with van der Waals surface area (Å²) in [5.74, 6) is -0.980. The van der Waals surface area contributed by atoms with Gasteiger partial charge in [-0.15, -0.1) is 0 Å². The molecule has 1 unspecified atom stereocenters. The Labute approximate surface area is 118 Å². The van der Waals surface area contributed by atoms with Gasteiger partial charge in [0.05, 0.1) is 0 Å². The molecule has 0 radical (unpaired) electrons. The Hall–Kier alpha value is -2.04. The van der Waals surface area contributed by atoms with Gasteiger partial charge in [0.1, 0.15) is 6.54 Å². The predicted molar refractivity (Wildman–Crippen MR) is 77.0 cm³/mol. The van der Waals surface area contributed by atoms with Crippen molar-refractivity contribution < 1.29 is 14.7 Å². The molecule has 1 aliphatic rings. The molecular formula is C15H20N2O3. The second-order valence-electron chi connectivity index (χ2n) is 5.15. The third-order valence-electron chi connectivity index (χ3n) is 3.50. The number of carboxylic acid groups (broad SMARTS) is 1. The smallest absolute Gasteiger partial charge is 0.325 e. The fourth-order valence-electron chi connectivity index (χ4n) is 2.68. The Bertz CT molecular complexity index is 516. The highest BCUT2D eigenvalue weighted by molar-refractivity contribution is 5.96. The number of carboxylic acids is 1. The molecule has 0 aromatic heterocycles. The van der Waals surface area contributed by atoms with Crippen LogP contribution >= 0.6 is 0 Å². The summed E-state index contributed by atoms with van der Waals surface area (Å²) in [4.78, 5) is 26.7. The van der Waals surface area contributed by atoms with E-state index in [0.29, 0.717) is 6.54 Å². The van der Waals surface area contributed by atoms with Crippen LogP contribution in [0.2, 0.25) is 0 Å². The summed E-state index contributed by atoms with van der Waals surface area (Å²) in [6.07, 6.45) is 1.55. The quantitative estimate of drug-likeness (QED) is 0.918. The first-order valence-corrected chi connectivity index (χ1v) is 6.92. The van der Waals surface area contributed by atoms with E-state index in [0.717, 1.165) is 24.1 Å². The zero-order valence-electron chi connectivity index (χ0n) is 11.9. The summed E-state index contributed by atoms with van der Waals surface area (Å²) in [7, 11) is 0. The van der Waals surface area contributed by atoms with E-state index in [4.69, 9.17) is 5.11 Å². The molecule has 20 heavy (non-hydrogen) atoms. The van der Waals surface area contributed by atoms with Crippen molar-refractivity contribution >= 4 is 17.7 Å². The van der Waals surface area contributed by atoms with E-state index in [1.54, 1.807) is 4.90 Å². The van der Waals surface area contributed by atoms with Gasteiger partial charge in [0.25, 0.3) is 0 Å². The number of hydrogen-bond acceptors (Lipinski definition) is 2. The van der Waals surface area contributed by atoms with Gasteiger partial charge in [0.15, 0.2) is 0 Å². The zero-order valence-corrected chi connectivity index (χ0v) is 11.9. The summed E-state index contributed by atoms with van der Waals surface area (Å²) in [5, 5.41) is 8.95. The van der Waals surface area contributed by atoms with Crippen molar-refractivity contribution in [2.45, 2.75) is 32.7 Å².